The van der Waals surface area contributed by atoms with Gasteiger partial charge in [-0.15, -0.1) is 0 Å². The van der Waals surface area contributed by atoms with E-state index in [9.17, 15) is 13.9 Å². The normalized spacial score (nSPS) is 15.1. The van der Waals surface area contributed by atoms with Crippen molar-refractivity contribution in [3.05, 3.63) is 29.8 Å². The molecule has 1 aromatic rings. The minimum atomic E-state index is -2.54. The van der Waals surface area contributed by atoms with E-state index in [1.807, 2.05) is 0 Å². The molecule has 1 atom stereocenters. The summed E-state index contributed by atoms with van der Waals surface area (Å²) >= 11 is 0. The Morgan fingerprint density at radius 3 is 2.12 bits per heavy atom. The first-order chi connectivity index (χ1) is 7.90. The zero-order valence-corrected chi connectivity index (χ0v) is 10.3. The van der Waals surface area contributed by atoms with Crippen molar-refractivity contribution in [2.45, 2.75) is 32.3 Å². The summed E-state index contributed by atoms with van der Waals surface area (Å²) in [7, 11) is 1.53. The van der Waals surface area contributed by atoms with E-state index < -0.39 is 18.4 Å². The molecule has 0 aliphatic rings. The van der Waals surface area contributed by atoms with Crippen molar-refractivity contribution >= 4 is 0 Å². The van der Waals surface area contributed by atoms with Gasteiger partial charge in [0.2, 0.25) is 6.43 Å². The van der Waals surface area contributed by atoms with Crippen LogP contribution in [0.4, 0.5) is 8.78 Å². The smallest absolute Gasteiger partial charge is 0.241 e. The second-order valence-electron chi connectivity index (χ2n) is 4.40. The monoisotopic (exact) mass is 244 g/mol. The lowest BCUT2D eigenvalue weighted by molar-refractivity contribution is -0.0606. The molecule has 0 amide bonds. The van der Waals surface area contributed by atoms with Crippen LogP contribution < -0.4 is 4.74 Å². The molecule has 0 fully saturated rings. The molecule has 1 rings (SSSR count). The van der Waals surface area contributed by atoms with Crippen molar-refractivity contribution in [1.82, 2.24) is 0 Å². The quantitative estimate of drug-likeness (QED) is 0.862. The first kappa shape index (κ1) is 13.9. The zero-order valence-electron chi connectivity index (χ0n) is 10.3. The molecule has 1 N–H and O–H groups in total. The average Bonchev–Trinajstić information content (AvgIpc) is 2.28. The molecule has 0 aliphatic carbocycles. The molecule has 0 saturated carbocycles. The van der Waals surface area contributed by atoms with Crippen LogP contribution in [-0.2, 0) is 5.60 Å². The second kappa shape index (κ2) is 5.45. The van der Waals surface area contributed by atoms with Gasteiger partial charge in [-0.2, -0.15) is 0 Å². The van der Waals surface area contributed by atoms with E-state index in [1.54, 1.807) is 38.1 Å². The summed E-state index contributed by atoms with van der Waals surface area (Å²) in [6.45, 7) is 3.46. The highest BCUT2D eigenvalue weighted by molar-refractivity contribution is 5.31. The molecule has 4 heteroatoms. The van der Waals surface area contributed by atoms with Crippen LogP contribution >= 0.6 is 0 Å². The molecule has 0 radical (unpaired) electrons. The fraction of sp³-hybridized carbons (Fsp3) is 0.538. The number of aliphatic hydroxyl groups is 1. The maximum atomic E-state index is 12.5. The predicted molar refractivity (Wildman–Crippen MR) is 62.3 cm³/mol. The topological polar surface area (TPSA) is 29.5 Å². The number of benzene rings is 1. The van der Waals surface area contributed by atoms with Crippen LogP contribution in [0, 0.1) is 5.92 Å². The largest absolute Gasteiger partial charge is 0.497 e. The van der Waals surface area contributed by atoms with Crippen molar-refractivity contribution < 1.29 is 18.6 Å². The third-order valence-corrected chi connectivity index (χ3v) is 3.01. The van der Waals surface area contributed by atoms with Crippen LogP contribution in [0.2, 0.25) is 0 Å². The van der Waals surface area contributed by atoms with Gasteiger partial charge in [-0.25, -0.2) is 8.78 Å². The fourth-order valence-electron chi connectivity index (χ4n) is 1.80. The Morgan fingerprint density at radius 2 is 1.76 bits per heavy atom. The average molecular weight is 244 g/mol. The first-order valence-corrected chi connectivity index (χ1v) is 5.55. The lowest BCUT2D eigenvalue weighted by Gasteiger charge is -2.32. The number of rotatable bonds is 5. The van der Waals surface area contributed by atoms with E-state index in [0.717, 1.165) is 0 Å². The van der Waals surface area contributed by atoms with Gasteiger partial charge < -0.3 is 9.84 Å². The highest BCUT2D eigenvalue weighted by atomic mass is 19.3. The minimum absolute atomic E-state index is 0.287. The van der Waals surface area contributed by atoms with Crippen LogP contribution in [-0.4, -0.2) is 18.6 Å². The Balaban J connectivity index is 3.04. The number of hydrogen-bond acceptors (Lipinski definition) is 2. The maximum Gasteiger partial charge on any atom is 0.241 e. The van der Waals surface area contributed by atoms with Gasteiger partial charge in [-0.05, 0) is 23.6 Å². The summed E-state index contributed by atoms with van der Waals surface area (Å²) in [5, 5.41) is 10.4. The van der Waals surface area contributed by atoms with E-state index in [0.29, 0.717) is 11.3 Å². The molecular formula is C13H18F2O2. The summed E-state index contributed by atoms with van der Waals surface area (Å²) in [5.74, 6) is 0.349. The molecule has 0 saturated heterocycles. The van der Waals surface area contributed by atoms with Gasteiger partial charge in [-0.3, -0.25) is 0 Å². The molecule has 17 heavy (non-hydrogen) atoms. The van der Waals surface area contributed by atoms with Crippen molar-refractivity contribution in [2.75, 3.05) is 7.11 Å². The maximum absolute atomic E-state index is 12.5. The number of halogens is 2. The Kier molecular flexibility index (Phi) is 4.46. The molecular weight excluding hydrogens is 226 g/mol. The molecule has 0 bridgehead atoms. The van der Waals surface area contributed by atoms with E-state index in [-0.39, 0.29) is 5.92 Å². The van der Waals surface area contributed by atoms with E-state index in [1.165, 1.54) is 7.11 Å². The number of ether oxygens (including phenoxy) is 1. The Labute approximate surface area is 100 Å². The van der Waals surface area contributed by atoms with Crippen molar-refractivity contribution in [3.8, 4) is 5.75 Å². The number of hydrogen-bond donors (Lipinski definition) is 1. The fourth-order valence-corrected chi connectivity index (χ4v) is 1.80. The Hall–Kier alpha value is -1.16. The molecule has 96 valence electrons. The van der Waals surface area contributed by atoms with Gasteiger partial charge in [0, 0.05) is 6.42 Å². The lowest BCUT2D eigenvalue weighted by Crippen LogP contribution is -2.34. The van der Waals surface area contributed by atoms with Gasteiger partial charge in [0.15, 0.2) is 0 Å². The summed E-state index contributed by atoms with van der Waals surface area (Å²) < 4.78 is 30.1. The highest BCUT2D eigenvalue weighted by Crippen LogP contribution is 2.35. The molecule has 0 spiro atoms. The zero-order chi connectivity index (χ0) is 13.1. The van der Waals surface area contributed by atoms with Gasteiger partial charge in [0.25, 0.3) is 0 Å². The summed E-state index contributed by atoms with van der Waals surface area (Å²) in [5.41, 5.74) is -1.01. The van der Waals surface area contributed by atoms with Gasteiger partial charge >= 0.3 is 0 Å². The molecule has 1 aromatic carbocycles. The van der Waals surface area contributed by atoms with E-state index in [2.05, 4.69) is 0 Å². The molecule has 0 aliphatic heterocycles. The van der Waals surface area contributed by atoms with Crippen molar-refractivity contribution in [1.29, 1.82) is 0 Å². The van der Waals surface area contributed by atoms with Gasteiger partial charge in [0.1, 0.15) is 5.75 Å². The molecule has 2 nitrogen and oxygen atoms in total. The summed E-state index contributed by atoms with van der Waals surface area (Å²) in [6, 6.07) is 6.57. The third kappa shape index (κ3) is 3.16. The minimum Gasteiger partial charge on any atom is -0.497 e. The van der Waals surface area contributed by atoms with Crippen LogP contribution in [0.3, 0.4) is 0 Å². The molecule has 0 heterocycles. The summed E-state index contributed by atoms with van der Waals surface area (Å²) in [4.78, 5) is 0. The summed E-state index contributed by atoms with van der Waals surface area (Å²) in [6.07, 6.45) is -3.10. The highest BCUT2D eigenvalue weighted by Gasteiger charge is 2.36. The predicted octanol–water partition coefficient (Wildman–Crippen LogP) is 3.19. The Bertz CT molecular complexity index is 349. The molecule has 0 aromatic heterocycles. The number of alkyl halides is 2. The van der Waals surface area contributed by atoms with Crippen molar-refractivity contribution in [3.63, 3.8) is 0 Å². The standard InChI is InChI=1S/C13H18F2O2/c1-9(2)13(16,8-12(14)15)10-4-6-11(17-3)7-5-10/h4-7,9,12,16H,8H2,1-3H3. The van der Waals surface area contributed by atoms with Crippen LogP contribution in [0.15, 0.2) is 24.3 Å². The van der Waals surface area contributed by atoms with Crippen LogP contribution in [0.1, 0.15) is 25.8 Å². The van der Waals surface area contributed by atoms with Crippen LogP contribution in [0.25, 0.3) is 0 Å². The number of methoxy groups -OCH3 is 1. The van der Waals surface area contributed by atoms with E-state index in [4.69, 9.17) is 4.74 Å². The van der Waals surface area contributed by atoms with Gasteiger partial charge in [-0.1, -0.05) is 26.0 Å². The first-order valence-electron chi connectivity index (χ1n) is 5.55. The second-order valence-corrected chi connectivity index (χ2v) is 4.40. The SMILES string of the molecule is COc1ccc(C(O)(CC(F)F)C(C)C)cc1. The third-order valence-electron chi connectivity index (χ3n) is 3.01. The Morgan fingerprint density at radius 1 is 1.24 bits per heavy atom. The van der Waals surface area contributed by atoms with Crippen molar-refractivity contribution in [2.24, 2.45) is 5.92 Å². The molecule has 1 unspecified atom stereocenters. The lowest BCUT2D eigenvalue weighted by atomic mass is 9.81. The van der Waals surface area contributed by atoms with Gasteiger partial charge in [0.05, 0.1) is 12.7 Å². The van der Waals surface area contributed by atoms with E-state index >= 15 is 0 Å². The van der Waals surface area contributed by atoms with Crippen LogP contribution in [0.5, 0.6) is 5.75 Å².